The van der Waals surface area contributed by atoms with Crippen LogP contribution in [0, 0.1) is 6.92 Å². The highest BCUT2D eigenvalue weighted by molar-refractivity contribution is 5.91. The molecule has 3 amide bonds. The molecule has 0 radical (unpaired) electrons. The molecule has 30 heavy (non-hydrogen) atoms. The number of aryl methyl sites for hydroxylation is 1. The van der Waals surface area contributed by atoms with Gasteiger partial charge in [-0.1, -0.05) is 6.42 Å². The van der Waals surface area contributed by atoms with Crippen molar-refractivity contribution in [2.45, 2.75) is 32.2 Å². The second kappa shape index (κ2) is 9.38. The molecule has 2 fully saturated rings. The fourth-order valence-electron chi connectivity index (χ4n) is 4.23. The van der Waals surface area contributed by atoms with Gasteiger partial charge in [-0.3, -0.25) is 9.69 Å². The monoisotopic (exact) mass is 414 g/mol. The van der Waals surface area contributed by atoms with Gasteiger partial charge in [0.2, 0.25) is 0 Å². The first kappa shape index (κ1) is 20.5. The van der Waals surface area contributed by atoms with Crippen molar-refractivity contribution in [3.8, 4) is 0 Å². The summed E-state index contributed by atoms with van der Waals surface area (Å²) in [6.45, 7) is 6.39. The van der Waals surface area contributed by atoms with Crippen LogP contribution in [0.25, 0.3) is 0 Å². The minimum absolute atomic E-state index is 0.0503. The van der Waals surface area contributed by atoms with Crippen molar-refractivity contribution in [2.75, 3.05) is 45.8 Å². The molecule has 8 heteroatoms. The molecule has 0 aromatic carbocycles. The topological polar surface area (TPSA) is 82.2 Å². The number of rotatable bonds is 5. The summed E-state index contributed by atoms with van der Waals surface area (Å²) in [6.07, 6.45) is 5.30. The van der Waals surface area contributed by atoms with E-state index in [1.807, 2.05) is 19.1 Å². The summed E-state index contributed by atoms with van der Waals surface area (Å²) in [5.74, 6) is 1.84. The predicted molar refractivity (Wildman–Crippen MR) is 111 cm³/mol. The third-order valence-electron chi connectivity index (χ3n) is 5.95. The number of piperazine rings is 1. The Bertz CT molecular complexity index is 833. The van der Waals surface area contributed by atoms with Gasteiger partial charge in [0, 0.05) is 32.7 Å². The Morgan fingerprint density at radius 2 is 1.73 bits per heavy atom. The number of hydrogen-bond donors (Lipinski definition) is 1. The van der Waals surface area contributed by atoms with Gasteiger partial charge in [0.05, 0.1) is 12.3 Å². The zero-order valence-electron chi connectivity index (χ0n) is 17.5. The number of nitrogens with one attached hydrogen (secondary N) is 1. The molecule has 2 aliphatic rings. The van der Waals surface area contributed by atoms with Gasteiger partial charge in [-0.15, -0.1) is 0 Å². The Balaban J connectivity index is 1.29. The van der Waals surface area contributed by atoms with E-state index in [0.717, 1.165) is 24.6 Å². The van der Waals surface area contributed by atoms with Crippen LogP contribution in [-0.2, 0) is 0 Å². The molecule has 2 saturated heterocycles. The number of nitrogens with zero attached hydrogens (tertiary/aromatic N) is 3. The largest absolute Gasteiger partial charge is 0.468 e. The molecule has 0 spiro atoms. The second-order valence-corrected chi connectivity index (χ2v) is 8.00. The number of hydrogen-bond acceptors (Lipinski definition) is 5. The molecule has 2 aromatic heterocycles. The van der Waals surface area contributed by atoms with Gasteiger partial charge in [-0.25, -0.2) is 4.79 Å². The van der Waals surface area contributed by atoms with Crippen LogP contribution in [0.5, 0.6) is 0 Å². The lowest BCUT2D eigenvalue weighted by Crippen LogP contribution is -2.54. The average Bonchev–Trinajstić information content (AvgIpc) is 3.46. The number of amides is 3. The molecule has 4 heterocycles. The van der Waals surface area contributed by atoms with E-state index >= 15 is 0 Å². The normalized spacial score (nSPS) is 19.0. The molecule has 0 saturated carbocycles. The molecular formula is C22H30N4O4. The van der Waals surface area contributed by atoms with Gasteiger partial charge >= 0.3 is 6.03 Å². The van der Waals surface area contributed by atoms with E-state index in [0.29, 0.717) is 38.5 Å². The maximum absolute atomic E-state index is 12.7. The third kappa shape index (κ3) is 4.70. The van der Waals surface area contributed by atoms with Crippen LogP contribution in [0.2, 0.25) is 0 Å². The van der Waals surface area contributed by atoms with Crippen molar-refractivity contribution >= 4 is 11.9 Å². The molecule has 2 aliphatic heterocycles. The summed E-state index contributed by atoms with van der Waals surface area (Å²) < 4.78 is 11.1. The van der Waals surface area contributed by atoms with Gasteiger partial charge in [0.25, 0.3) is 5.91 Å². The number of piperidine rings is 1. The van der Waals surface area contributed by atoms with E-state index in [-0.39, 0.29) is 18.0 Å². The third-order valence-corrected chi connectivity index (χ3v) is 5.95. The molecule has 1 unspecified atom stereocenters. The minimum Gasteiger partial charge on any atom is -0.468 e. The van der Waals surface area contributed by atoms with Crippen molar-refractivity contribution < 1.29 is 18.4 Å². The fourth-order valence-corrected chi connectivity index (χ4v) is 4.23. The maximum Gasteiger partial charge on any atom is 0.317 e. The fraction of sp³-hybridized carbons (Fsp3) is 0.545. The molecular weight excluding hydrogens is 384 g/mol. The van der Waals surface area contributed by atoms with Gasteiger partial charge in [-0.2, -0.15) is 0 Å². The van der Waals surface area contributed by atoms with Crippen molar-refractivity contribution in [2.24, 2.45) is 0 Å². The highest BCUT2D eigenvalue weighted by Gasteiger charge is 2.28. The number of urea groups is 1. The van der Waals surface area contributed by atoms with Gasteiger partial charge in [0.1, 0.15) is 11.5 Å². The van der Waals surface area contributed by atoms with Crippen molar-refractivity contribution in [1.82, 2.24) is 20.0 Å². The van der Waals surface area contributed by atoms with E-state index in [1.54, 1.807) is 28.2 Å². The summed E-state index contributed by atoms with van der Waals surface area (Å²) >= 11 is 0. The van der Waals surface area contributed by atoms with Crippen LogP contribution in [0.15, 0.2) is 39.4 Å². The van der Waals surface area contributed by atoms with E-state index in [2.05, 4.69) is 10.2 Å². The smallest absolute Gasteiger partial charge is 0.317 e. The van der Waals surface area contributed by atoms with E-state index < -0.39 is 0 Å². The first-order valence-corrected chi connectivity index (χ1v) is 10.8. The van der Waals surface area contributed by atoms with Crippen LogP contribution >= 0.6 is 0 Å². The Hall–Kier alpha value is -2.74. The summed E-state index contributed by atoms with van der Waals surface area (Å²) in [5.41, 5.74) is 0. The standard InChI is InChI=1S/C22H30N4O4/c1-17-7-8-20(30-17)21(27)25-11-13-26(14-12-25)22(28)23-16-18(19-6-5-15-29-19)24-9-3-2-4-10-24/h5-8,15,18H,2-4,9-14,16H2,1H3,(H,23,28). The molecule has 2 aromatic rings. The summed E-state index contributed by atoms with van der Waals surface area (Å²) in [7, 11) is 0. The predicted octanol–water partition coefficient (Wildman–Crippen LogP) is 2.88. The van der Waals surface area contributed by atoms with Gasteiger partial charge < -0.3 is 24.0 Å². The Kier molecular flexibility index (Phi) is 6.42. The summed E-state index contributed by atoms with van der Waals surface area (Å²) in [4.78, 5) is 31.2. The Morgan fingerprint density at radius 3 is 2.37 bits per heavy atom. The summed E-state index contributed by atoms with van der Waals surface area (Å²) in [6, 6.07) is 7.32. The highest BCUT2D eigenvalue weighted by Crippen LogP contribution is 2.24. The van der Waals surface area contributed by atoms with Crippen molar-refractivity contribution in [1.29, 1.82) is 0 Å². The maximum atomic E-state index is 12.7. The minimum atomic E-state index is -0.119. The van der Waals surface area contributed by atoms with Crippen LogP contribution < -0.4 is 5.32 Å². The van der Waals surface area contributed by atoms with Crippen LogP contribution in [0.1, 0.15) is 47.4 Å². The molecule has 8 nitrogen and oxygen atoms in total. The molecule has 0 aliphatic carbocycles. The molecule has 162 valence electrons. The number of furan rings is 2. The van der Waals surface area contributed by atoms with E-state index in [1.165, 1.54) is 19.3 Å². The lowest BCUT2D eigenvalue weighted by atomic mass is 10.1. The van der Waals surface area contributed by atoms with Gasteiger partial charge in [0.15, 0.2) is 5.76 Å². The zero-order valence-corrected chi connectivity index (χ0v) is 17.5. The zero-order chi connectivity index (χ0) is 20.9. The van der Waals surface area contributed by atoms with Crippen LogP contribution in [-0.4, -0.2) is 72.5 Å². The van der Waals surface area contributed by atoms with E-state index in [9.17, 15) is 9.59 Å². The first-order chi connectivity index (χ1) is 14.6. The van der Waals surface area contributed by atoms with Gasteiger partial charge in [-0.05, 0) is 57.1 Å². The summed E-state index contributed by atoms with van der Waals surface area (Å²) in [5, 5.41) is 3.08. The average molecular weight is 415 g/mol. The quantitative estimate of drug-likeness (QED) is 0.814. The molecule has 0 bridgehead atoms. The van der Waals surface area contributed by atoms with Crippen LogP contribution in [0.3, 0.4) is 0 Å². The number of carbonyl (C=O) groups excluding carboxylic acids is 2. The SMILES string of the molecule is Cc1ccc(C(=O)N2CCN(C(=O)NCC(c3ccco3)N3CCCCC3)CC2)o1. The lowest BCUT2D eigenvalue weighted by molar-refractivity contribution is 0.0630. The number of carbonyl (C=O) groups is 2. The van der Waals surface area contributed by atoms with E-state index in [4.69, 9.17) is 8.83 Å². The Labute approximate surface area is 176 Å². The highest BCUT2D eigenvalue weighted by atomic mass is 16.4. The number of likely N-dealkylation sites (tertiary alicyclic amines) is 1. The van der Waals surface area contributed by atoms with Crippen LogP contribution in [0.4, 0.5) is 4.79 Å². The van der Waals surface area contributed by atoms with Crippen molar-refractivity contribution in [3.05, 3.63) is 47.8 Å². The molecule has 4 rings (SSSR count). The molecule has 1 atom stereocenters. The lowest BCUT2D eigenvalue weighted by Gasteiger charge is -2.36. The van der Waals surface area contributed by atoms with Crippen molar-refractivity contribution in [3.63, 3.8) is 0 Å². The Morgan fingerprint density at radius 1 is 1.00 bits per heavy atom. The first-order valence-electron chi connectivity index (χ1n) is 10.8. The molecule has 1 N–H and O–H groups in total. The second-order valence-electron chi connectivity index (χ2n) is 8.00.